The standard InChI is InChI=1S/C10H10BrF4NO/c1-2-9(14,15)10(16,17)5-3-6(11)8(13)4-7(5)12/h3-4,17H,2,16H2,1H3/t10-/m1/s1. The van der Waals surface area contributed by atoms with Gasteiger partial charge in [0.25, 0.3) is 5.92 Å². The van der Waals surface area contributed by atoms with Gasteiger partial charge in [-0.3, -0.25) is 5.73 Å². The smallest absolute Gasteiger partial charge is 0.293 e. The molecule has 96 valence electrons. The third kappa shape index (κ3) is 2.46. The number of hydrogen-bond acceptors (Lipinski definition) is 2. The lowest BCUT2D eigenvalue weighted by Crippen LogP contribution is -2.53. The molecule has 0 aromatic heterocycles. The van der Waals surface area contributed by atoms with Crippen LogP contribution in [0, 0.1) is 11.6 Å². The Morgan fingerprint density at radius 2 is 1.82 bits per heavy atom. The Balaban J connectivity index is 3.38. The lowest BCUT2D eigenvalue weighted by Gasteiger charge is -2.32. The summed E-state index contributed by atoms with van der Waals surface area (Å²) in [5, 5.41) is 9.55. The molecule has 0 fully saturated rings. The molecule has 1 rings (SSSR count). The summed E-state index contributed by atoms with van der Waals surface area (Å²) in [4.78, 5) is 0. The van der Waals surface area contributed by atoms with E-state index in [0.29, 0.717) is 12.1 Å². The third-order valence-corrected chi connectivity index (χ3v) is 3.03. The van der Waals surface area contributed by atoms with Gasteiger partial charge in [-0.2, -0.15) is 0 Å². The summed E-state index contributed by atoms with van der Waals surface area (Å²) in [5.74, 6) is -6.03. The predicted molar refractivity (Wildman–Crippen MR) is 57.4 cm³/mol. The summed E-state index contributed by atoms with van der Waals surface area (Å²) in [5.41, 5.74) is 1.01. The van der Waals surface area contributed by atoms with E-state index in [-0.39, 0.29) is 4.47 Å². The van der Waals surface area contributed by atoms with Crippen molar-refractivity contribution in [1.82, 2.24) is 0 Å². The fraction of sp³-hybridized carbons (Fsp3) is 0.400. The highest BCUT2D eigenvalue weighted by atomic mass is 79.9. The second-order valence-electron chi connectivity index (χ2n) is 3.57. The zero-order chi connectivity index (χ0) is 13.4. The van der Waals surface area contributed by atoms with Gasteiger partial charge in [-0.05, 0) is 22.0 Å². The molecule has 2 nitrogen and oxygen atoms in total. The minimum absolute atomic E-state index is 0.260. The van der Waals surface area contributed by atoms with E-state index in [1.807, 2.05) is 0 Å². The molecule has 1 aromatic carbocycles. The van der Waals surface area contributed by atoms with Gasteiger partial charge >= 0.3 is 0 Å². The second-order valence-corrected chi connectivity index (χ2v) is 4.42. The van der Waals surface area contributed by atoms with Crippen LogP contribution in [0.2, 0.25) is 0 Å². The van der Waals surface area contributed by atoms with Gasteiger partial charge in [0.1, 0.15) is 11.6 Å². The summed E-state index contributed by atoms with van der Waals surface area (Å²) < 4.78 is 52.8. The Hall–Kier alpha value is -0.660. The van der Waals surface area contributed by atoms with Crippen molar-refractivity contribution in [3.8, 4) is 0 Å². The van der Waals surface area contributed by atoms with Crippen LogP contribution in [0.1, 0.15) is 18.9 Å². The van der Waals surface area contributed by atoms with Gasteiger partial charge in [-0.15, -0.1) is 0 Å². The van der Waals surface area contributed by atoms with E-state index in [4.69, 9.17) is 5.73 Å². The zero-order valence-corrected chi connectivity index (χ0v) is 10.4. The molecular weight excluding hydrogens is 306 g/mol. The number of hydrogen-bond donors (Lipinski definition) is 2. The number of nitrogens with two attached hydrogens (primary N) is 1. The van der Waals surface area contributed by atoms with Gasteiger partial charge in [0.05, 0.1) is 4.47 Å². The first-order valence-electron chi connectivity index (χ1n) is 4.67. The van der Waals surface area contributed by atoms with Gasteiger partial charge < -0.3 is 5.11 Å². The van der Waals surface area contributed by atoms with E-state index in [2.05, 4.69) is 15.9 Å². The molecule has 0 radical (unpaired) electrons. The van der Waals surface area contributed by atoms with Crippen molar-refractivity contribution in [2.45, 2.75) is 25.0 Å². The molecule has 0 saturated heterocycles. The van der Waals surface area contributed by atoms with Crippen LogP contribution < -0.4 is 5.73 Å². The first-order chi connectivity index (χ1) is 7.63. The van der Waals surface area contributed by atoms with Crippen LogP contribution in [0.15, 0.2) is 16.6 Å². The van der Waals surface area contributed by atoms with Crippen LogP contribution in [0.5, 0.6) is 0 Å². The van der Waals surface area contributed by atoms with E-state index in [9.17, 15) is 22.7 Å². The first kappa shape index (κ1) is 14.4. The minimum atomic E-state index is -3.73. The molecule has 0 saturated carbocycles. The molecule has 0 aliphatic heterocycles. The molecule has 0 heterocycles. The zero-order valence-electron chi connectivity index (χ0n) is 8.78. The number of rotatable bonds is 3. The topological polar surface area (TPSA) is 46.2 Å². The Morgan fingerprint density at radius 1 is 1.29 bits per heavy atom. The van der Waals surface area contributed by atoms with Gasteiger partial charge in [-0.1, -0.05) is 6.92 Å². The van der Waals surface area contributed by atoms with E-state index < -0.39 is 35.3 Å². The summed E-state index contributed by atoms with van der Waals surface area (Å²) in [7, 11) is 0. The minimum Gasteiger partial charge on any atom is -0.367 e. The molecule has 0 aliphatic carbocycles. The average Bonchev–Trinajstić information content (AvgIpc) is 2.22. The largest absolute Gasteiger partial charge is 0.367 e. The maximum atomic E-state index is 13.4. The molecule has 0 amide bonds. The number of halogens is 5. The van der Waals surface area contributed by atoms with Gasteiger partial charge in [-0.25, -0.2) is 17.6 Å². The van der Waals surface area contributed by atoms with Crippen LogP contribution in [0.3, 0.4) is 0 Å². The molecule has 0 spiro atoms. The van der Waals surface area contributed by atoms with Crippen LogP contribution in [-0.2, 0) is 5.72 Å². The molecule has 1 atom stereocenters. The molecule has 3 N–H and O–H groups in total. The molecular formula is C10H10BrF4NO. The number of aliphatic hydroxyl groups is 1. The lowest BCUT2D eigenvalue weighted by atomic mass is 9.94. The highest BCUT2D eigenvalue weighted by Crippen LogP contribution is 2.38. The summed E-state index contributed by atoms with van der Waals surface area (Å²) in [6.07, 6.45) is -0.783. The van der Waals surface area contributed by atoms with Crippen molar-refractivity contribution in [3.05, 3.63) is 33.8 Å². The molecule has 1 aromatic rings. The van der Waals surface area contributed by atoms with Gasteiger partial charge in [0, 0.05) is 18.1 Å². The van der Waals surface area contributed by atoms with Crippen molar-refractivity contribution in [1.29, 1.82) is 0 Å². The fourth-order valence-corrected chi connectivity index (χ4v) is 1.62. The van der Waals surface area contributed by atoms with E-state index in [0.717, 1.165) is 6.92 Å². The van der Waals surface area contributed by atoms with Gasteiger partial charge in [0.15, 0.2) is 0 Å². The molecule has 0 unspecified atom stereocenters. The molecule has 7 heteroatoms. The Kier molecular flexibility index (Phi) is 3.85. The van der Waals surface area contributed by atoms with Crippen LogP contribution in [0.4, 0.5) is 17.6 Å². The number of alkyl halides is 2. The second kappa shape index (κ2) is 4.55. The van der Waals surface area contributed by atoms with Crippen molar-refractivity contribution >= 4 is 15.9 Å². The van der Waals surface area contributed by atoms with Crippen molar-refractivity contribution in [2.75, 3.05) is 0 Å². The maximum Gasteiger partial charge on any atom is 0.293 e. The lowest BCUT2D eigenvalue weighted by molar-refractivity contribution is -0.187. The van der Waals surface area contributed by atoms with E-state index in [1.165, 1.54) is 0 Å². The SMILES string of the molecule is CCC(F)(F)[C@](N)(O)c1cc(Br)c(F)cc1F. The Morgan fingerprint density at radius 3 is 2.29 bits per heavy atom. The first-order valence-corrected chi connectivity index (χ1v) is 5.47. The normalized spacial score (nSPS) is 15.8. The highest BCUT2D eigenvalue weighted by Gasteiger charge is 2.51. The molecule has 17 heavy (non-hydrogen) atoms. The molecule has 0 aliphatic rings. The summed E-state index contributed by atoms with van der Waals surface area (Å²) >= 11 is 2.71. The molecule has 0 bridgehead atoms. The van der Waals surface area contributed by atoms with E-state index >= 15 is 0 Å². The van der Waals surface area contributed by atoms with Crippen LogP contribution in [0.25, 0.3) is 0 Å². The van der Waals surface area contributed by atoms with E-state index in [1.54, 1.807) is 0 Å². The summed E-state index contributed by atoms with van der Waals surface area (Å²) in [6.45, 7) is 1.09. The van der Waals surface area contributed by atoms with Crippen LogP contribution in [-0.4, -0.2) is 11.0 Å². The van der Waals surface area contributed by atoms with Crippen molar-refractivity contribution < 1.29 is 22.7 Å². The Labute approximate surface area is 104 Å². The van der Waals surface area contributed by atoms with Gasteiger partial charge in [0.2, 0.25) is 5.72 Å². The Bertz CT molecular complexity index is 437. The van der Waals surface area contributed by atoms with Crippen molar-refractivity contribution in [3.63, 3.8) is 0 Å². The highest BCUT2D eigenvalue weighted by molar-refractivity contribution is 9.10. The fourth-order valence-electron chi connectivity index (χ4n) is 1.28. The average molecular weight is 316 g/mol. The van der Waals surface area contributed by atoms with Crippen molar-refractivity contribution in [2.24, 2.45) is 5.73 Å². The predicted octanol–water partition coefficient (Wildman–Crippen LogP) is 2.88. The summed E-state index contributed by atoms with van der Waals surface area (Å²) in [6, 6.07) is 1.08. The quantitative estimate of drug-likeness (QED) is 0.512. The monoisotopic (exact) mass is 315 g/mol. The van der Waals surface area contributed by atoms with Crippen LogP contribution >= 0.6 is 15.9 Å². The third-order valence-electron chi connectivity index (χ3n) is 2.42. The maximum absolute atomic E-state index is 13.4. The number of benzene rings is 1.